The Hall–Kier alpha value is -1.98. The van der Waals surface area contributed by atoms with Crippen molar-refractivity contribution in [2.75, 3.05) is 0 Å². The van der Waals surface area contributed by atoms with Crippen molar-refractivity contribution >= 4 is 11.7 Å². The van der Waals surface area contributed by atoms with Crippen LogP contribution in [0.3, 0.4) is 0 Å². The number of carbonyl (C=O) groups is 1. The van der Waals surface area contributed by atoms with Gasteiger partial charge in [0.15, 0.2) is 0 Å². The molecule has 0 saturated heterocycles. The molecule has 1 aromatic carbocycles. The fourth-order valence-electron chi connectivity index (χ4n) is 1.43. The number of carboxylic acids is 1. The van der Waals surface area contributed by atoms with Crippen molar-refractivity contribution in [3.63, 3.8) is 0 Å². The minimum Gasteiger partial charge on any atom is -0.481 e. The zero-order valence-electron chi connectivity index (χ0n) is 8.51. The Morgan fingerprint density at radius 2 is 2.25 bits per heavy atom. The zero-order chi connectivity index (χ0) is 12.3. The standard InChI is InChI=1S/C10H10FNO4/c1-6(5-9(13)14)7-3-2-4-8(10(7)11)12(15)16/h2-4,6H,5H2,1H3,(H,13,14). The monoisotopic (exact) mass is 227 g/mol. The van der Waals surface area contributed by atoms with Crippen molar-refractivity contribution in [3.05, 3.63) is 39.7 Å². The molecule has 1 unspecified atom stereocenters. The van der Waals surface area contributed by atoms with Crippen LogP contribution in [0.25, 0.3) is 0 Å². The smallest absolute Gasteiger partial charge is 0.305 e. The van der Waals surface area contributed by atoms with Crippen LogP contribution in [0.5, 0.6) is 0 Å². The molecule has 5 nitrogen and oxygen atoms in total. The lowest BCUT2D eigenvalue weighted by Gasteiger charge is -2.09. The second kappa shape index (κ2) is 4.69. The Morgan fingerprint density at radius 1 is 1.62 bits per heavy atom. The number of carboxylic acid groups (broad SMARTS) is 1. The maximum atomic E-state index is 13.6. The molecule has 1 atom stereocenters. The molecular formula is C10H10FNO4. The van der Waals surface area contributed by atoms with Gasteiger partial charge in [-0.15, -0.1) is 0 Å². The first-order chi connectivity index (χ1) is 7.43. The van der Waals surface area contributed by atoms with Crippen molar-refractivity contribution in [2.45, 2.75) is 19.3 Å². The molecule has 0 fully saturated rings. The number of nitrogens with zero attached hydrogens (tertiary/aromatic N) is 1. The Balaban J connectivity index is 3.10. The maximum Gasteiger partial charge on any atom is 0.305 e. The molecule has 1 rings (SSSR count). The minimum absolute atomic E-state index is 0.0524. The molecule has 0 saturated carbocycles. The predicted octanol–water partition coefficient (Wildman–Crippen LogP) is 2.31. The van der Waals surface area contributed by atoms with E-state index >= 15 is 0 Å². The highest BCUT2D eigenvalue weighted by atomic mass is 19.1. The van der Waals surface area contributed by atoms with Crippen LogP contribution in [0.4, 0.5) is 10.1 Å². The molecule has 0 bridgehead atoms. The van der Waals surface area contributed by atoms with Crippen molar-refractivity contribution in [1.82, 2.24) is 0 Å². The third kappa shape index (κ3) is 2.53. The molecule has 86 valence electrons. The summed E-state index contributed by atoms with van der Waals surface area (Å²) in [5, 5.41) is 19.0. The molecule has 0 aliphatic heterocycles. The molecule has 0 amide bonds. The Kier molecular flexibility index (Phi) is 3.55. The van der Waals surface area contributed by atoms with Crippen LogP contribution < -0.4 is 0 Å². The fourth-order valence-corrected chi connectivity index (χ4v) is 1.43. The Labute approximate surface area is 90.7 Å². The SMILES string of the molecule is CC(CC(=O)O)c1cccc([N+](=O)[O-])c1F. The second-order valence-electron chi connectivity index (χ2n) is 3.44. The van der Waals surface area contributed by atoms with Gasteiger partial charge in [-0.3, -0.25) is 14.9 Å². The number of hydrogen-bond donors (Lipinski definition) is 1. The number of hydrogen-bond acceptors (Lipinski definition) is 3. The molecule has 0 aliphatic rings. The van der Waals surface area contributed by atoms with Gasteiger partial charge >= 0.3 is 11.7 Å². The van der Waals surface area contributed by atoms with Crippen molar-refractivity contribution in [1.29, 1.82) is 0 Å². The lowest BCUT2D eigenvalue weighted by Crippen LogP contribution is -2.06. The van der Waals surface area contributed by atoms with E-state index in [-0.39, 0.29) is 12.0 Å². The molecule has 0 aliphatic carbocycles. The van der Waals surface area contributed by atoms with E-state index in [1.54, 1.807) is 0 Å². The van der Waals surface area contributed by atoms with E-state index in [0.717, 1.165) is 6.07 Å². The summed E-state index contributed by atoms with van der Waals surface area (Å²) >= 11 is 0. The van der Waals surface area contributed by atoms with E-state index in [2.05, 4.69) is 0 Å². The van der Waals surface area contributed by atoms with Gasteiger partial charge in [0.2, 0.25) is 5.82 Å². The first-order valence-electron chi connectivity index (χ1n) is 4.58. The number of benzene rings is 1. The third-order valence-corrected chi connectivity index (χ3v) is 2.22. The highest BCUT2D eigenvalue weighted by Crippen LogP contribution is 2.27. The maximum absolute atomic E-state index is 13.6. The number of rotatable bonds is 4. The van der Waals surface area contributed by atoms with Crippen molar-refractivity contribution < 1.29 is 19.2 Å². The minimum atomic E-state index is -1.07. The van der Waals surface area contributed by atoms with E-state index in [9.17, 15) is 19.3 Å². The van der Waals surface area contributed by atoms with Gasteiger partial charge in [-0.2, -0.15) is 4.39 Å². The highest BCUT2D eigenvalue weighted by Gasteiger charge is 2.21. The average Bonchev–Trinajstić information content (AvgIpc) is 2.16. The van der Waals surface area contributed by atoms with E-state index in [0.29, 0.717) is 0 Å². The second-order valence-corrected chi connectivity index (χ2v) is 3.44. The summed E-state index contributed by atoms with van der Waals surface area (Å²) in [6.45, 7) is 1.51. The number of nitro groups is 1. The summed E-state index contributed by atoms with van der Waals surface area (Å²) in [6, 6.07) is 3.75. The summed E-state index contributed by atoms with van der Waals surface area (Å²) in [5.74, 6) is -2.63. The molecule has 1 aromatic rings. The largest absolute Gasteiger partial charge is 0.481 e. The first-order valence-corrected chi connectivity index (χ1v) is 4.58. The van der Waals surface area contributed by atoms with Gasteiger partial charge in [0.05, 0.1) is 11.3 Å². The lowest BCUT2D eigenvalue weighted by molar-refractivity contribution is -0.387. The number of halogens is 1. The van der Waals surface area contributed by atoms with Gasteiger partial charge in [-0.1, -0.05) is 19.1 Å². The number of aliphatic carboxylic acids is 1. The topological polar surface area (TPSA) is 80.4 Å². The number of nitro benzene ring substituents is 1. The highest BCUT2D eigenvalue weighted by molar-refractivity contribution is 5.68. The summed E-state index contributed by atoms with van der Waals surface area (Å²) in [7, 11) is 0. The van der Waals surface area contributed by atoms with E-state index in [4.69, 9.17) is 5.11 Å². The molecule has 0 aromatic heterocycles. The summed E-state index contributed by atoms with van der Waals surface area (Å²) in [6.07, 6.45) is -0.266. The molecule has 0 heterocycles. The molecule has 6 heteroatoms. The van der Waals surface area contributed by atoms with Crippen molar-refractivity contribution in [2.24, 2.45) is 0 Å². The van der Waals surface area contributed by atoms with Crippen LogP contribution in [-0.2, 0) is 4.79 Å². The van der Waals surface area contributed by atoms with Gasteiger partial charge in [-0.05, 0) is 11.5 Å². The van der Waals surface area contributed by atoms with Crippen LogP contribution in [-0.4, -0.2) is 16.0 Å². The van der Waals surface area contributed by atoms with Crippen molar-refractivity contribution in [3.8, 4) is 0 Å². The summed E-state index contributed by atoms with van der Waals surface area (Å²) in [5.41, 5.74) is -0.577. The lowest BCUT2D eigenvalue weighted by atomic mass is 9.97. The van der Waals surface area contributed by atoms with Gasteiger partial charge in [-0.25, -0.2) is 0 Å². The summed E-state index contributed by atoms with van der Waals surface area (Å²) in [4.78, 5) is 20.1. The summed E-state index contributed by atoms with van der Waals surface area (Å²) < 4.78 is 13.6. The predicted molar refractivity (Wildman–Crippen MR) is 53.7 cm³/mol. The van der Waals surface area contributed by atoms with Crippen LogP contribution >= 0.6 is 0 Å². The van der Waals surface area contributed by atoms with Gasteiger partial charge in [0.1, 0.15) is 0 Å². The van der Waals surface area contributed by atoms with Crippen LogP contribution in [0.1, 0.15) is 24.8 Å². The first kappa shape index (κ1) is 12.1. The molecule has 1 N–H and O–H groups in total. The normalized spacial score (nSPS) is 12.1. The quantitative estimate of drug-likeness (QED) is 0.632. The van der Waals surface area contributed by atoms with Crippen LogP contribution in [0.2, 0.25) is 0 Å². The Bertz CT molecular complexity index is 433. The molecule has 0 spiro atoms. The van der Waals surface area contributed by atoms with Gasteiger partial charge in [0.25, 0.3) is 0 Å². The third-order valence-electron chi connectivity index (χ3n) is 2.22. The molecular weight excluding hydrogens is 217 g/mol. The fraction of sp³-hybridized carbons (Fsp3) is 0.300. The van der Waals surface area contributed by atoms with Crippen LogP contribution in [0, 0.1) is 15.9 Å². The average molecular weight is 227 g/mol. The zero-order valence-corrected chi connectivity index (χ0v) is 8.51. The van der Waals surface area contributed by atoms with Gasteiger partial charge < -0.3 is 5.11 Å². The van der Waals surface area contributed by atoms with Gasteiger partial charge in [0, 0.05) is 6.07 Å². The molecule has 16 heavy (non-hydrogen) atoms. The van der Waals surface area contributed by atoms with Crippen LogP contribution in [0.15, 0.2) is 18.2 Å². The molecule has 0 radical (unpaired) electrons. The van der Waals surface area contributed by atoms with E-state index in [1.165, 1.54) is 19.1 Å². The Morgan fingerprint density at radius 3 is 2.75 bits per heavy atom. The van der Waals surface area contributed by atoms with E-state index in [1.807, 2.05) is 0 Å². The van der Waals surface area contributed by atoms with E-state index < -0.39 is 28.3 Å².